The smallest absolute Gasteiger partial charge is 0.232 e. The largest absolute Gasteiger partial charge is 0.348 e. The quantitative estimate of drug-likeness (QED) is 0.265. The van der Waals surface area contributed by atoms with E-state index in [2.05, 4.69) is 109 Å². The van der Waals surface area contributed by atoms with Crippen LogP contribution in [0.3, 0.4) is 0 Å². The van der Waals surface area contributed by atoms with Gasteiger partial charge in [-0.3, -0.25) is 4.79 Å². The van der Waals surface area contributed by atoms with Gasteiger partial charge in [-0.2, -0.15) is 0 Å². The van der Waals surface area contributed by atoms with Crippen LogP contribution in [-0.2, 0) is 28.1 Å². The van der Waals surface area contributed by atoms with Crippen molar-refractivity contribution in [1.29, 1.82) is 0 Å². The van der Waals surface area contributed by atoms with Crippen LogP contribution in [0.15, 0.2) is 121 Å². The van der Waals surface area contributed by atoms with Crippen molar-refractivity contribution in [2.45, 2.75) is 44.4 Å². The number of amides is 1. The predicted octanol–water partition coefficient (Wildman–Crippen LogP) is 7.34. The molecule has 2 aliphatic heterocycles. The van der Waals surface area contributed by atoms with Crippen LogP contribution in [0.1, 0.15) is 48.1 Å². The Morgan fingerprint density at radius 3 is 1.76 bits per heavy atom. The Kier molecular flexibility index (Phi) is 6.63. The van der Waals surface area contributed by atoms with Gasteiger partial charge < -0.3 is 9.64 Å². The van der Waals surface area contributed by atoms with E-state index < -0.39 is 11.1 Å². The summed E-state index contributed by atoms with van der Waals surface area (Å²) in [7, 11) is 0. The number of hydrogen-bond acceptors (Lipinski definition) is 2. The zero-order valence-corrected chi connectivity index (χ0v) is 22.0. The molecule has 6 rings (SSSR count). The lowest BCUT2D eigenvalue weighted by Gasteiger charge is -2.55. The Bertz CT molecular complexity index is 1310. The molecular weight excluding hydrogens is 466 g/mol. The van der Waals surface area contributed by atoms with Crippen molar-refractivity contribution in [2.75, 3.05) is 6.61 Å². The van der Waals surface area contributed by atoms with E-state index in [1.807, 2.05) is 24.3 Å². The minimum atomic E-state index is -0.773. The van der Waals surface area contributed by atoms with Gasteiger partial charge in [0, 0.05) is 11.5 Å². The standard InChI is InChI=1S/C35H35NO2/c1-2-30-25-34(23-27-15-7-3-8-16-27,24-28-17-9-4-10-18-28)33(37)36-32(29-19-11-5-12-20-29)26-38-35(30,36)31-21-13-6-14-22-31/h3-22,30,32H,2,23-26H2,1H3/t30-,32+,35-/m1/s1. The van der Waals surface area contributed by atoms with Gasteiger partial charge in [0.1, 0.15) is 0 Å². The third-order valence-corrected chi connectivity index (χ3v) is 8.63. The first-order chi connectivity index (χ1) is 18.7. The zero-order valence-electron chi connectivity index (χ0n) is 22.0. The summed E-state index contributed by atoms with van der Waals surface area (Å²) in [5.41, 5.74) is 3.27. The minimum absolute atomic E-state index is 0.135. The molecule has 0 aromatic heterocycles. The van der Waals surface area contributed by atoms with Crippen LogP contribution in [0.5, 0.6) is 0 Å². The predicted molar refractivity (Wildman–Crippen MR) is 151 cm³/mol. The van der Waals surface area contributed by atoms with Crippen LogP contribution in [0.2, 0.25) is 0 Å². The second-order valence-corrected chi connectivity index (χ2v) is 10.9. The van der Waals surface area contributed by atoms with Crippen LogP contribution in [0.4, 0.5) is 0 Å². The van der Waals surface area contributed by atoms with E-state index in [0.29, 0.717) is 19.4 Å². The minimum Gasteiger partial charge on any atom is -0.348 e. The Hall–Kier alpha value is -3.69. The molecule has 0 bridgehead atoms. The van der Waals surface area contributed by atoms with E-state index in [1.165, 1.54) is 11.1 Å². The van der Waals surface area contributed by atoms with Crippen molar-refractivity contribution in [3.8, 4) is 0 Å². The van der Waals surface area contributed by atoms with E-state index >= 15 is 4.79 Å². The molecule has 2 fully saturated rings. The Morgan fingerprint density at radius 2 is 1.24 bits per heavy atom. The maximum Gasteiger partial charge on any atom is 0.232 e. The third kappa shape index (κ3) is 4.16. The molecule has 3 heteroatoms. The highest BCUT2D eigenvalue weighted by Crippen LogP contribution is 2.58. The first-order valence-corrected chi connectivity index (χ1v) is 13.8. The van der Waals surface area contributed by atoms with Crippen LogP contribution < -0.4 is 0 Å². The topological polar surface area (TPSA) is 29.5 Å². The van der Waals surface area contributed by atoms with Crippen molar-refractivity contribution in [2.24, 2.45) is 11.3 Å². The van der Waals surface area contributed by atoms with Gasteiger partial charge in [0.2, 0.25) is 5.91 Å². The van der Waals surface area contributed by atoms with Gasteiger partial charge in [0.25, 0.3) is 0 Å². The molecule has 2 heterocycles. The van der Waals surface area contributed by atoms with E-state index in [4.69, 9.17) is 4.74 Å². The van der Waals surface area contributed by atoms with Crippen LogP contribution in [-0.4, -0.2) is 17.4 Å². The number of benzene rings is 4. The fraction of sp³-hybridized carbons (Fsp3) is 0.286. The van der Waals surface area contributed by atoms with Gasteiger partial charge in [-0.05, 0) is 42.4 Å². The fourth-order valence-corrected chi connectivity index (χ4v) is 6.95. The van der Waals surface area contributed by atoms with Gasteiger partial charge in [0.05, 0.1) is 18.1 Å². The molecule has 1 amide bonds. The van der Waals surface area contributed by atoms with E-state index in [1.54, 1.807) is 0 Å². The number of piperidine rings is 1. The van der Waals surface area contributed by atoms with E-state index in [0.717, 1.165) is 24.0 Å². The lowest BCUT2D eigenvalue weighted by molar-refractivity contribution is -0.201. The van der Waals surface area contributed by atoms with Crippen molar-refractivity contribution < 1.29 is 9.53 Å². The summed E-state index contributed by atoms with van der Waals surface area (Å²) in [5, 5.41) is 0. The van der Waals surface area contributed by atoms with Gasteiger partial charge >= 0.3 is 0 Å². The molecule has 4 aromatic carbocycles. The third-order valence-electron chi connectivity index (χ3n) is 8.63. The molecule has 2 saturated heterocycles. The number of carbonyl (C=O) groups excluding carboxylic acids is 1. The van der Waals surface area contributed by atoms with Gasteiger partial charge in [-0.15, -0.1) is 0 Å². The Morgan fingerprint density at radius 1 is 0.737 bits per heavy atom. The van der Waals surface area contributed by atoms with Crippen molar-refractivity contribution >= 4 is 5.91 Å². The summed E-state index contributed by atoms with van der Waals surface area (Å²) in [6, 6.07) is 41.8. The summed E-state index contributed by atoms with van der Waals surface area (Å²) in [4.78, 5) is 17.4. The molecule has 0 spiro atoms. The summed E-state index contributed by atoms with van der Waals surface area (Å²) in [6.45, 7) is 2.74. The average Bonchev–Trinajstić information content (AvgIpc) is 3.39. The number of hydrogen-bond donors (Lipinski definition) is 0. The normalized spacial score (nSPS) is 24.2. The lowest BCUT2D eigenvalue weighted by atomic mass is 9.62. The van der Waals surface area contributed by atoms with E-state index in [-0.39, 0.29) is 17.9 Å². The molecule has 0 saturated carbocycles. The molecule has 4 aromatic rings. The van der Waals surface area contributed by atoms with E-state index in [9.17, 15) is 0 Å². The van der Waals surface area contributed by atoms with Crippen molar-refractivity contribution in [1.82, 2.24) is 4.90 Å². The number of rotatable bonds is 7. The lowest BCUT2D eigenvalue weighted by Crippen LogP contribution is -2.62. The average molecular weight is 502 g/mol. The summed E-state index contributed by atoms with van der Waals surface area (Å²) < 4.78 is 6.87. The van der Waals surface area contributed by atoms with Crippen LogP contribution in [0, 0.1) is 11.3 Å². The molecule has 3 atom stereocenters. The number of nitrogens with zero attached hydrogens (tertiary/aromatic N) is 1. The summed E-state index contributed by atoms with van der Waals surface area (Å²) >= 11 is 0. The zero-order chi connectivity index (χ0) is 26.0. The maximum atomic E-state index is 15.2. The Labute approximate surface area is 226 Å². The van der Waals surface area contributed by atoms with Gasteiger partial charge in [-0.25, -0.2) is 0 Å². The highest BCUT2D eigenvalue weighted by Gasteiger charge is 2.64. The molecule has 38 heavy (non-hydrogen) atoms. The monoisotopic (exact) mass is 501 g/mol. The molecule has 3 nitrogen and oxygen atoms in total. The SMILES string of the molecule is CC[C@@H]1CC(Cc2ccccc2)(Cc2ccccc2)C(=O)N2[C@H](c3ccccc3)CO[C@@]12c1ccccc1. The molecule has 0 radical (unpaired) electrons. The second kappa shape index (κ2) is 10.2. The molecule has 0 N–H and O–H groups in total. The van der Waals surface area contributed by atoms with Crippen molar-refractivity contribution in [3.63, 3.8) is 0 Å². The highest BCUT2D eigenvalue weighted by atomic mass is 16.5. The summed E-state index contributed by atoms with van der Waals surface area (Å²) in [6.07, 6.45) is 3.12. The van der Waals surface area contributed by atoms with Crippen molar-refractivity contribution in [3.05, 3.63) is 144 Å². The molecule has 0 unspecified atom stereocenters. The molecule has 0 aliphatic carbocycles. The maximum absolute atomic E-state index is 15.2. The molecule has 2 aliphatic rings. The number of carbonyl (C=O) groups is 1. The van der Waals surface area contributed by atoms with Gasteiger partial charge in [-0.1, -0.05) is 128 Å². The number of ether oxygens (including phenoxy) is 1. The highest BCUT2D eigenvalue weighted by molar-refractivity contribution is 5.86. The molecule has 192 valence electrons. The van der Waals surface area contributed by atoms with Crippen LogP contribution >= 0.6 is 0 Å². The van der Waals surface area contributed by atoms with Crippen LogP contribution in [0.25, 0.3) is 0 Å². The Balaban J connectivity index is 1.53. The fourth-order valence-electron chi connectivity index (χ4n) is 6.95. The first-order valence-electron chi connectivity index (χ1n) is 13.8. The summed E-state index contributed by atoms with van der Waals surface area (Å²) in [5.74, 6) is 0.355. The van der Waals surface area contributed by atoms with Gasteiger partial charge in [0.15, 0.2) is 5.72 Å². The second-order valence-electron chi connectivity index (χ2n) is 10.9. The number of fused-ring (bicyclic) bond motifs is 1. The first kappa shape index (κ1) is 24.6. The molecular formula is C35H35NO2.